The summed E-state index contributed by atoms with van der Waals surface area (Å²) in [6.07, 6.45) is 3.04. The Hall–Kier alpha value is -2.47. The van der Waals surface area contributed by atoms with Crippen LogP contribution in [0.4, 0.5) is 11.6 Å². The molecule has 0 spiro atoms. The van der Waals surface area contributed by atoms with E-state index in [9.17, 15) is 4.79 Å². The van der Waals surface area contributed by atoms with Crippen LogP contribution in [0, 0.1) is 13.8 Å². The van der Waals surface area contributed by atoms with Crippen molar-refractivity contribution in [3.8, 4) is 0 Å². The third-order valence-electron chi connectivity index (χ3n) is 3.78. The summed E-state index contributed by atoms with van der Waals surface area (Å²) in [4.78, 5) is 20.8. The summed E-state index contributed by atoms with van der Waals surface area (Å²) in [6, 6.07) is 9.21. The van der Waals surface area contributed by atoms with Crippen molar-refractivity contribution in [1.29, 1.82) is 0 Å². The summed E-state index contributed by atoms with van der Waals surface area (Å²) < 4.78 is 5.48. The van der Waals surface area contributed by atoms with Gasteiger partial charge >= 0.3 is 0 Å². The van der Waals surface area contributed by atoms with E-state index in [1.165, 1.54) is 0 Å². The van der Waals surface area contributed by atoms with E-state index < -0.39 is 0 Å². The van der Waals surface area contributed by atoms with Gasteiger partial charge < -0.3 is 15.4 Å². The van der Waals surface area contributed by atoms with Crippen LogP contribution in [0.5, 0.6) is 0 Å². The molecule has 0 fully saturated rings. The molecular weight excluding hydrogens is 328 g/mol. The Morgan fingerprint density at radius 3 is 2.35 bits per heavy atom. The van der Waals surface area contributed by atoms with Gasteiger partial charge in [0.05, 0.1) is 0 Å². The molecule has 2 rings (SSSR count). The predicted molar refractivity (Wildman–Crippen MR) is 104 cm³/mol. The van der Waals surface area contributed by atoms with Crippen LogP contribution in [0.15, 0.2) is 30.3 Å². The van der Waals surface area contributed by atoms with Gasteiger partial charge in [0.25, 0.3) is 5.91 Å². The highest BCUT2D eigenvalue weighted by Crippen LogP contribution is 2.15. The maximum atomic E-state index is 12.1. The molecule has 1 amide bonds. The number of nitrogens with zero attached hydrogens (tertiary/aromatic N) is 2. The van der Waals surface area contributed by atoms with Crippen molar-refractivity contribution in [1.82, 2.24) is 15.3 Å². The number of rotatable bonds is 10. The molecule has 26 heavy (non-hydrogen) atoms. The molecule has 1 heterocycles. The molecule has 1 aromatic heterocycles. The average Bonchev–Trinajstić information content (AvgIpc) is 2.60. The first-order chi connectivity index (χ1) is 12.6. The molecule has 0 saturated heterocycles. The lowest BCUT2D eigenvalue weighted by molar-refractivity contribution is 0.0940. The summed E-state index contributed by atoms with van der Waals surface area (Å²) in [5.41, 5.74) is 3.30. The second kappa shape index (κ2) is 10.5. The van der Waals surface area contributed by atoms with E-state index in [1.807, 2.05) is 32.0 Å². The molecule has 2 aromatic rings. The molecule has 0 atom stereocenters. The third kappa shape index (κ3) is 6.80. The number of amides is 1. The monoisotopic (exact) mass is 356 g/mol. The Morgan fingerprint density at radius 2 is 1.69 bits per heavy atom. The zero-order valence-corrected chi connectivity index (χ0v) is 15.8. The summed E-state index contributed by atoms with van der Waals surface area (Å²) >= 11 is 0. The Kier molecular flexibility index (Phi) is 8.02. The average molecular weight is 356 g/mol. The highest BCUT2D eigenvalue weighted by molar-refractivity contribution is 5.94. The second-order valence-corrected chi connectivity index (χ2v) is 6.25. The van der Waals surface area contributed by atoms with Gasteiger partial charge in [-0.1, -0.05) is 13.3 Å². The summed E-state index contributed by atoms with van der Waals surface area (Å²) in [7, 11) is 0. The van der Waals surface area contributed by atoms with E-state index >= 15 is 0 Å². The van der Waals surface area contributed by atoms with E-state index in [-0.39, 0.29) is 5.91 Å². The number of carbonyl (C=O) groups is 1. The summed E-state index contributed by atoms with van der Waals surface area (Å²) in [6.45, 7) is 8.09. The lowest BCUT2D eigenvalue weighted by Gasteiger charge is -2.08. The standard InChI is InChI=1S/C20H28N4O2/c1-4-5-12-26-13-6-11-21-19(25)17-7-9-18(10-8-17)24-20-22-15(2)14-16(3)23-20/h7-10,14H,4-6,11-13H2,1-3H3,(H,21,25)(H,22,23,24). The largest absolute Gasteiger partial charge is 0.381 e. The van der Waals surface area contributed by atoms with Gasteiger partial charge in [-0.3, -0.25) is 4.79 Å². The van der Waals surface area contributed by atoms with Crippen molar-refractivity contribution >= 4 is 17.5 Å². The number of anilines is 2. The van der Waals surface area contributed by atoms with Crippen molar-refractivity contribution in [2.75, 3.05) is 25.1 Å². The first-order valence-corrected chi connectivity index (χ1v) is 9.14. The second-order valence-electron chi connectivity index (χ2n) is 6.25. The van der Waals surface area contributed by atoms with E-state index in [1.54, 1.807) is 12.1 Å². The fraction of sp³-hybridized carbons (Fsp3) is 0.450. The van der Waals surface area contributed by atoms with E-state index in [0.717, 1.165) is 42.9 Å². The molecular formula is C20H28N4O2. The topological polar surface area (TPSA) is 76.1 Å². The van der Waals surface area contributed by atoms with Crippen molar-refractivity contribution in [2.24, 2.45) is 0 Å². The Labute approximate surface area is 155 Å². The number of nitrogens with one attached hydrogen (secondary N) is 2. The molecule has 0 aliphatic heterocycles. The van der Waals surface area contributed by atoms with E-state index in [4.69, 9.17) is 4.74 Å². The maximum absolute atomic E-state index is 12.1. The number of ether oxygens (including phenoxy) is 1. The van der Waals surface area contributed by atoms with Gasteiger partial charge in [0, 0.05) is 42.4 Å². The molecule has 0 bridgehead atoms. The number of carbonyl (C=O) groups excluding carboxylic acids is 1. The van der Waals surface area contributed by atoms with Crippen LogP contribution in [-0.4, -0.2) is 35.6 Å². The Bertz CT molecular complexity index is 681. The summed E-state index contributed by atoms with van der Waals surface area (Å²) in [5, 5.41) is 6.07. The molecule has 0 aliphatic carbocycles. The van der Waals surface area contributed by atoms with Crippen molar-refractivity contribution in [2.45, 2.75) is 40.0 Å². The van der Waals surface area contributed by atoms with Gasteiger partial charge in [0.15, 0.2) is 0 Å². The van der Waals surface area contributed by atoms with Crippen LogP contribution < -0.4 is 10.6 Å². The molecule has 0 radical (unpaired) electrons. The third-order valence-corrected chi connectivity index (χ3v) is 3.78. The van der Waals surface area contributed by atoms with Crippen molar-refractivity contribution in [3.63, 3.8) is 0 Å². The predicted octanol–water partition coefficient (Wildman–Crippen LogP) is 3.77. The van der Waals surface area contributed by atoms with Gasteiger partial charge in [-0.15, -0.1) is 0 Å². The van der Waals surface area contributed by atoms with Crippen LogP contribution in [0.25, 0.3) is 0 Å². The molecule has 6 nitrogen and oxygen atoms in total. The molecule has 0 aliphatic rings. The fourth-order valence-electron chi connectivity index (χ4n) is 2.44. The number of aromatic nitrogens is 2. The number of aryl methyl sites for hydroxylation is 2. The zero-order valence-electron chi connectivity index (χ0n) is 15.8. The SMILES string of the molecule is CCCCOCCCNC(=O)c1ccc(Nc2nc(C)cc(C)n2)cc1. The van der Waals surface area contributed by atoms with Crippen molar-refractivity contribution in [3.05, 3.63) is 47.3 Å². The van der Waals surface area contributed by atoms with Crippen molar-refractivity contribution < 1.29 is 9.53 Å². The Balaban J connectivity index is 1.78. The molecule has 0 saturated carbocycles. The minimum atomic E-state index is -0.0761. The molecule has 2 N–H and O–H groups in total. The fourth-order valence-corrected chi connectivity index (χ4v) is 2.44. The number of hydrogen-bond acceptors (Lipinski definition) is 5. The first-order valence-electron chi connectivity index (χ1n) is 9.14. The number of hydrogen-bond donors (Lipinski definition) is 2. The quantitative estimate of drug-likeness (QED) is 0.634. The number of benzene rings is 1. The smallest absolute Gasteiger partial charge is 0.251 e. The van der Waals surface area contributed by atoms with Gasteiger partial charge in [0.2, 0.25) is 5.95 Å². The lowest BCUT2D eigenvalue weighted by atomic mass is 10.2. The van der Waals surface area contributed by atoms with Crippen LogP contribution in [0.2, 0.25) is 0 Å². The first kappa shape index (κ1) is 19.8. The van der Waals surface area contributed by atoms with Gasteiger partial charge in [-0.25, -0.2) is 9.97 Å². The van der Waals surface area contributed by atoms with E-state index in [2.05, 4.69) is 27.5 Å². The van der Waals surface area contributed by atoms with Crippen LogP contribution in [-0.2, 0) is 4.74 Å². The molecule has 0 unspecified atom stereocenters. The minimum absolute atomic E-state index is 0.0761. The molecule has 1 aromatic carbocycles. The van der Waals surface area contributed by atoms with Gasteiger partial charge in [-0.05, 0) is 57.0 Å². The molecule has 140 valence electrons. The lowest BCUT2D eigenvalue weighted by Crippen LogP contribution is -2.25. The van der Waals surface area contributed by atoms with Gasteiger partial charge in [0.1, 0.15) is 0 Å². The Morgan fingerprint density at radius 1 is 1.04 bits per heavy atom. The van der Waals surface area contributed by atoms with Crippen LogP contribution >= 0.6 is 0 Å². The van der Waals surface area contributed by atoms with Gasteiger partial charge in [-0.2, -0.15) is 0 Å². The minimum Gasteiger partial charge on any atom is -0.381 e. The molecule has 6 heteroatoms. The highest BCUT2D eigenvalue weighted by atomic mass is 16.5. The van der Waals surface area contributed by atoms with Crippen LogP contribution in [0.1, 0.15) is 47.9 Å². The normalized spacial score (nSPS) is 10.6. The zero-order chi connectivity index (χ0) is 18.8. The van der Waals surface area contributed by atoms with E-state index in [0.29, 0.717) is 24.7 Å². The summed E-state index contributed by atoms with van der Waals surface area (Å²) in [5.74, 6) is 0.482. The van der Waals surface area contributed by atoms with Crippen LogP contribution in [0.3, 0.4) is 0 Å². The highest BCUT2D eigenvalue weighted by Gasteiger charge is 2.06. The maximum Gasteiger partial charge on any atom is 0.251 e. The number of unbranched alkanes of at least 4 members (excludes halogenated alkanes) is 1.